The molecule has 1 aliphatic carbocycles. The van der Waals surface area contributed by atoms with E-state index in [1.54, 1.807) is 19.2 Å². The van der Waals surface area contributed by atoms with Gasteiger partial charge in [0.15, 0.2) is 11.2 Å². The molecule has 9 rings (SSSR count). The number of amides is 1. The van der Waals surface area contributed by atoms with Gasteiger partial charge in [0, 0.05) is 61.0 Å². The predicted octanol–water partition coefficient (Wildman–Crippen LogP) is 2.19. The lowest BCUT2D eigenvalue weighted by atomic mass is 9.68. The molecule has 1 spiro atoms. The van der Waals surface area contributed by atoms with Gasteiger partial charge >= 0.3 is 0 Å². The number of rotatable bonds is 13. The van der Waals surface area contributed by atoms with E-state index in [2.05, 4.69) is 17.2 Å². The minimum absolute atomic E-state index is 0.00780. The molecule has 1 aromatic heterocycles. The number of ether oxygens (including phenoxy) is 1. The molecule has 1 saturated carbocycles. The molecule has 4 aromatic rings. The average Bonchev–Trinajstić information content (AvgIpc) is 4.00. The van der Waals surface area contributed by atoms with Crippen LogP contribution < -0.4 is 20.4 Å². The summed E-state index contributed by atoms with van der Waals surface area (Å²) in [7, 11) is 0. The van der Waals surface area contributed by atoms with E-state index < -0.39 is 55.3 Å². The molecule has 2 fully saturated rings. The summed E-state index contributed by atoms with van der Waals surface area (Å²) in [6.07, 6.45) is 2.50. The molecular weight excluding hydrogens is 815 g/mol. The van der Waals surface area contributed by atoms with Gasteiger partial charge in [0.25, 0.3) is 0 Å². The normalized spacial score (nSPS) is 27.7. The summed E-state index contributed by atoms with van der Waals surface area (Å²) in [6, 6.07) is 10.3. The molecule has 2 unspecified atom stereocenters. The Hall–Kier alpha value is -5.17. The van der Waals surface area contributed by atoms with Gasteiger partial charge in [0.05, 0.1) is 12.0 Å². The number of aliphatic imine (C=N–C) groups is 1. The minimum atomic E-state index is -2.40. The van der Waals surface area contributed by atoms with Crippen LogP contribution >= 0.6 is 0 Å². The van der Waals surface area contributed by atoms with Crippen LogP contribution in [0.3, 0.4) is 0 Å². The number of carbonyl (C=O) groups is 1. The smallest absolute Gasteiger partial charge is 0.222 e. The zero-order chi connectivity index (χ0) is 44.4. The molecule has 63 heavy (non-hydrogen) atoms. The standard InChI is InChI=1S/C47H53N3O13/c1-3-35-31-10-12-48-34(31)21-50(35)41-43-27(14-33-37(54)13-24(2)61-44(33)41)15-39(47(62-43)11-4-5-25(19-47)28-16-40(56)49-20-28)63-60-23-46(59,45(58)42(57)38(55)22-51)18-26-6-9-36(53)30-8-7-29(52)17-32(26)30/h6-10,12-14,17,21,25,28,35,38-39,42,45,51-53,55,57-59H,3-5,11,15-16,18-20,22-23H2,1-2H3,(H,49,56)/p+1/t25-,28+,35?,38-,39-,42-,45+,46+,47-/m1/s1. The summed E-state index contributed by atoms with van der Waals surface area (Å²) in [6.45, 7) is 2.69. The number of phenols is 2. The van der Waals surface area contributed by atoms with Crippen LogP contribution in [0.15, 0.2) is 80.2 Å². The highest BCUT2D eigenvalue weighted by Gasteiger charge is 2.54. The molecule has 10 atom stereocenters. The number of hydrogen-bond donors (Lipinski definition) is 9. The molecule has 0 radical (unpaired) electrons. The quantitative estimate of drug-likeness (QED) is 0.0692. The zero-order valence-corrected chi connectivity index (χ0v) is 35.1. The maximum Gasteiger partial charge on any atom is 0.222 e. The van der Waals surface area contributed by atoms with Crippen molar-refractivity contribution in [2.24, 2.45) is 16.8 Å². The van der Waals surface area contributed by atoms with Crippen LogP contribution in [-0.2, 0) is 27.4 Å². The van der Waals surface area contributed by atoms with E-state index in [0.29, 0.717) is 75.9 Å². The van der Waals surface area contributed by atoms with Gasteiger partial charge in [0.1, 0.15) is 77.4 Å². The Morgan fingerprint density at radius 2 is 1.87 bits per heavy atom. The number of allylic oxidation sites excluding steroid dienone is 1. The van der Waals surface area contributed by atoms with Crippen LogP contribution in [0.25, 0.3) is 21.7 Å². The van der Waals surface area contributed by atoms with Crippen molar-refractivity contribution in [1.29, 1.82) is 0 Å². The summed E-state index contributed by atoms with van der Waals surface area (Å²) in [5.74, 6) is 0.904. The van der Waals surface area contributed by atoms with Gasteiger partial charge in [-0.1, -0.05) is 13.0 Å². The van der Waals surface area contributed by atoms with Crippen LogP contribution in [0.1, 0.15) is 62.3 Å². The second-order valence-corrected chi connectivity index (χ2v) is 18.0. The molecule has 0 bridgehead atoms. The maximum absolute atomic E-state index is 13.7. The molecule has 334 valence electrons. The number of nitrogens with one attached hydrogen (secondary N) is 2. The number of quaternary nitrogens is 1. The van der Waals surface area contributed by atoms with Gasteiger partial charge in [-0.15, -0.1) is 0 Å². The summed E-state index contributed by atoms with van der Waals surface area (Å²) >= 11 is 0. The Morgan fingerprint density at radius 1 is 1.05 bits per heavy atom. The number of hydrogen-bond acceptors (Lipinski definition) is 14. The second kappa shape index (κ2) is 16.8. The summed E-state index contributed by atoms with van der Waals surface area (Å²) in [5.41, 5.74) is 0.345. The summed E-state index contributed by atoms with van der Waals surface area (Å²) in [4.78, 5) is 44.1. The topological polar surface area (TPSA) is 245 Å². The fraction of sp³-hybridized carbons (Fsp3) is 0.468. The van der Waals surface area contributed by atoms with Crippen molar-refractivity contribution in [2.45, 2.75) is 107 Å². The number of aryl methyl sites for hydroxylation is 1. The van der Waals surface area contributed by atoms with Crippen LogP contribution in [-0.4, -0.2) is 109 Å². The number of aliphatic hydroxyl groups excluding tert-OH is 4. The van der Waals surface area contributed by atoms with E-state index >= 15 is 0 Å². The van der Waals surface area contributed by atoms with Crippen molar-refractivity contribution in [3.63, 3.8) is 0 Å². The highest BCUT2D eigenvalue weighted by molar-refractivity contribution is 5.92. The highest BCUT2D eigenvalue weighted by atomic mass is 17.2. The third-order valence-electron chi connectivity index (χ3n) is 13.9. The summed E-state index contributed by atoms with van der Waals surface area (Å²) < 4.78 is 13.8. The number of aliphatic hydroxyl groups is 5. The Bertz CT molecular complexity index is 2610. The minimum Gasteiger partial charge on any atom is -0.508 e. The lowest BCUT2D eigenvalue weighted by Crippen LogP contribution is -3.05. The molecule has 5 heterocycles. The van der Waals surface area contributed by atoms with Crippen molar-refractivity contribution < 1.29 is 64.4 Å². The van der Waals surface area contributed by atoms with E-state index in [-0.39, 0.29) is 47.1 Å². The van der Waals surface area contributed by atoms with Crippen LogP contribution in [0.2, 0.25) is 0 Å². The maximum atomic E-state index is 13.7. The largest absolute Gasteiger partial charge is 0.508 e. The molecule has 1 amide bonds. The first-order valence-electron chi connectivity index (χ1n) is 21.7. The Balaban J connectivity index is 1.11. The number of phenolic OH excluding ortho intramolecular Hbond substituents is 2. The van der Waals surface area contributed by atoms with Crippen LogP contribution in [0.5, 0.6) is 17.2 Å². The van der Waals surface area contributed by atoms with Crippen LogP contribution in [0.4, 0.5) is 5.69 Å². The van der Waals surface area contributed by atoms with Gasteiger partial charge in [-0.25, -0.2) is 9.78 Å². The number of aromatic hydroxyl groups is 2. The monoisotopic (exact) mass is 868 g/mol. The van der Waals surface area contributed by atoms with Crippen molar-refractivity contribution >= 4 is 39.6 Å². The second-order valence-electron chi connectivity index (χ2n) is 18.0. The Morgan fingerprint density at radius 3 is 2.63 bits per heavy atom. The van der Waals surface area contributed by atoms with E-state index in [1.807, 2.05) is 12.3 Å². The lowest BCUT2D eigenvalue weighted by Gasteiger charge is -2.49. The first kappa shape index (κ1) is 43.1. The molecular formula is C47H54N3O13+. The van der Waals surface area contributed by atoms with Crippen molar-refractivity contribution in [3.8, 4) is 17.2 Å². The molecule has 1 saturated heterocycles. The fourth-order valence-corrected chi connectivity index (χ4v) is 10.6. The molecule has 3 aromatic carbocycles. The van der Waals surface area contributed by atoms with Crippen molar-refractivity contribution in [3.05, 3.63) is 93.1 Å². The Kier molecular flexibility index (Phi) is 11.5. The SMILES string of the molecule is CCC1C2=CC=NC2=C[NH+]1c1c2c(cc3c(=O)cc(C)oc13)C[C@@H](OOC[C@@](O)(Cc1ccc(O)c3ccc(O)cc13)[C@@H](O)[C@H](O)[C@H](O)CO)[C@]1(CCC[C@@H]([C@@H]3CNC(=O)C3)C1)O2. The van der Waals surface area contributed by atoms with Gasteiger partial charge in [-0.3, -0.25) is 19.5 Å². The van der Waals surface area contributed by atoms with Gasteiger partial charge in [-0.2, -0.15) is 0 Å². The van der Waals surface area contributed by atoms with E-state index in [0.717, 1.165) is 35.4 Å². The summed E-state index contributed by atoms with van der Waals surface area (Å²) in [5, 5.41) is 79.8. The molecule has 4 aliphatic heterocycles. The zero-order valence-electron chi connectivity index (χ0n) is 35.1. The van der Waals surface area contributed by atoms with Crippen LogP contribution in [0, 0.1) is 18.8 Å². The Labute approximate surface area is 362 Å². The van der Waals surface area contributed by atoms with Gasteiger partial charge < -0.3 is 50.2 Å². The number of nitrogens with zero attached hydrogens (tertiary/aromatic N) is 1. The van der Waals surface area contributed by atoms with Gasteiger partial charge in [-0.05, 0) is 91.8 Å². The van der Waals surface area contributed by atoms with E-state index in [1.165, 1.54) is 36.4 Å². The van der Waals surface area contributed by atoms with E-state index in [9.17, 15) is 45.3 Å². The molecule has 9 N–H and O–H groups in total. The molecule has 16 nitrogen and oxygen atoms in total. The first-order chi connectivity index (χ1) is 30.2. The van der Waals surface area contributed by atoms with Gasteiger partial charge in [0.2, 0.25) is 17.2 Å². The molecule has 5 aliphatic rings. The first-order valence-corrected chi connectivity index (χ1v) is 21.7. The highest BCUT2D eigenvalue weighted by Crippen LogP contribution is 2.51. The van der Waals surface area contributed by atoms with E-state index in [4.69, 9.17) is 18.9 Å². The predicted molar refractivity (Wildman–Crippen MR) is 229 cm³/mol. The molecule has 16 heteroatoms. The van der Waals surface area contributed by atoms with Crippen molar-refractivity contribution in [1.82, 2.24) is 5.32 Å². The van der Waals surface area contributed by atoms with Crippen molar-refractivity contribution in [2.75, 3.05) is 19.8 Å². The lowest BCUT2D eigenvalue weighted by molar-refractivity contribution is -0.793. The third-order valence-corrected chi connectivity index (χ3v) is 13.9. The number of fused-ring (bicyclic) bond motifs is 4. The number of carbonyl (C=O) groups excluding carboxylic acids is 1. The fourth-order valence-electron chi connectivity index (χ4n) is 10.6. The number of benzene rings is 3. The third kappa shape index (κ3) is 7.71. The average molecular weight is 869 g/mol.